The number of anilines is 2. The first kappa shape index (κ1) is 24.3. The molecule has 2 aromatic rings. The lowest BCUT2D eigenvalue weighted by molar-refractivity contribution is 0.210. The van der Waals surface area contributed by atoms with E-state index in [-0.39, 0.29) is 12.1 Å². The third-order valence-electron chi connectivity index (χ3n) is 8.92. The first-order chi connectivity index (χ1) is 15.6. The molecular formula is C28H42N2O2Si. The maximum atomic E-state index is 6.62. The van der Waals surface area contributed by atoms with E-state index in [2.05, 4.69) is 101 Å². The molecule has 0 N–H and O–H groups in total. The molecule has 2 aromatic carbocycles. The van der Waals surface area contributed by atoms with Gasteiger partial charge in [-0.1, -0.05) is 63.1 Å². The summed E-state index contributed by atoms with van der Waals surface area (Å²) in [4.78, 5) is 0. The van der Waals surface area contributed by atoms with Crippen molar-refractivity contribution in [3.05, 3.63) is 58.7 Å². The molecule has 6 atom stereocenters. The van der Waals surface area contributed by atoms with Gasteiger partial charge in [0.15, 0.2) is 0 Å². The molecule has 0 aromatic heterocycles. The Labute approximate surface area is 202 Å². The monoisotopic (exact) mass is 466 g/mol. The Morgan fingerprint density at radius 2 is 1.00 bits per heavy atom. The highest BCUT2D eigenvalue weighted by Gasteiger charge is 2.60. The van der Waals surface area contributed by atoms with Crippen molar-refractivity contribution in [3.8, 4) is 0 Å². The fourth-order valence-corrected chi connectivity index (χ4v) is 9.94. The van der Waals surface area contributed by atoms with Gasteiger partial charge in [0.05, 0.1) is 0 Å². The second-order valence-corrected chi connectivity index (χ2v) is 13.5. The molecule has 33 heavy (non-hydrogen) atoms. The van der Waals surface area contributed by atoms with Gasteiger partial charge in [-0.15, -0.1) is 0 Å². The standard InChI is InChI=1S/C28H42N2O2Si/c1-17-11-13-27-25(15-17)21(5)19(3)23(7)29(27)33(31-9,32-10)30-24(8)20(4)22(6)26-16-18(2)12-14-28(26)30/h11-16,19-24H,1-10H3. The molecule has 4 rings (SSSR count). The van der Waals surface area contributed by atoms with Crippen LogP contribution in [0.3, 0.4) is 0 Å². The van der Waals surface area contributed by atoms with Gasteiger partial charge in [-0.25, -0.2) is 0 Å². The highest BCUT2D eigenvalue weighted by atomic mass is 28.4. The quantitative estimate of drug-likeness (QED) is 0.472. The first-order valence-corrected chi connectivity index (χ1v) is 14.2. The minimum Gasteiger partial charge on any atom is -0.365 e. The number of aryl methyl sites for hydroxylation is 2. The smallest absolute Gasteiger partial charge is 0.365 e. The number of nitrogens with zero attached hydrogens (tertiary/aromatic N) is 2. The van der Waals surface area contributed by atoms with Crippen molar-refractivity contribution in [2.45, 2.75) is 79.3 Å². The van der Waals surface area contributed by atoms with E-state index in [4.69, 9.17) is 8.85 Å². The minimum atomic E-state index is -3.08. The van der Waals surface area contributed by atoms with E-state index < -0.39 is 8.88 Å². The van der Waals surface area contributed by atoms with Crippen LogP contribution in [0.25, 0.3) is 0 Å². The van der Waals surface area contributed by atoms with E-state index in [1.807, 2.05) is 14.2 Å². The molecule has 0 bridgehead atoms. The van der Waals surface area contributed by atoms with E-state index >= 15 is 0 Å². The molecule has 4 nitrogen and oxygen atoms in total. The van der Waals surface area contributed by atoms with E-state index in [9.17, 15) is 0 Å². The van der Waals surface area contributed by atoms with Crippen molar-refractivity contribution in [2.24, 2.45) is 11.8 Å². The number of hydrogen-bond donors (Lipinski definition) is 0. The molecule has 2 aliphatic heterocycles. The zero-order chi connectivity index (χ0) is 24.2. The summed E-state index contributed by atoms with van der Waals surface area (Å²) in [7, 11) is 0.618. The van der Waals surface area contributed by atoms with Crippen LogP contribution in [0.15, 0.2) is 36.4 Å². The average molecular weight is 467 g/mol. The highest BCUT2D eigenvalue weighted by Crippen LogP contribution is 2.49. The van der Waals surface area contributed by atoms with Crippen LogP contribution in [0.5, 0.6) is 0 Å². The van der Waals surface area contributed by atoms with E-state index in [0.29, 0.717) is 23.7 Å². The van der Waals surface area contributed by atoms with Crippen LogP contribution in [0.1, 0.15) is 75.6 Å². The Hall–Kier alpha value is -1.82. The fraction of sp³-hybridized carbons (Fsp3) is 0.571. The minimum absolute atomic E-state index is 0.289. The topological polar surface area (TPSA) is 24.9 Å². The predicted molar refractivity (Wildman–Crippen MR) is 141 cm³/mol. The normalized spacial score (nSPS) is 29.6. The van der Waals surface area contributed by atoms with Crippen LogP contribution in [0, 0.1) is 25.7 Å². The molecule has 0 spiro atoms. The number of rotatable bonds is 4. The van der Waals surface area contributed by atoms with E-state index in [1.165, 1.54) is 33.6 Å². The van der Waals surface area contributed by atoms with Crippen LogP contribution in [-0.4, -0.2) is 35.2 Å². The summed E-state index contributed by atoms with van der Waals surface area (Å²) < 4.78 is 18.3. The fourth-order valence-electron chi connectivity index (χ4n) is 6.24. The van der Waals surface area contributed by atoms with Gasteiger partial charge in [0.1, 0.15) is 0 Å². The molecule has 0 amide bonds. The third kappa shape index (κ3) is 3.55. The molecule has 0 saturated carbocycles. The van der Waals surface area contributed by atoms with Crippen molar-refractivity contribution in [1.82, 2.24) is 0 Å². The van der Waals surface area contributed by atoms with Crippen molar-refractivity contribution < 1.29 is 8.85 Å². The molecule has 2 heterocycles. The molecule has 2 aliphatic rings. The SMILES string of the molecule is CO[Si](OC)(N1c2ccc(C)cc2C(C)C(C)C1C)N1c2ccc(C)cc2C(C)C(C)C1C. The highest BCUT2D eigenvalue weighted by molar-refractivity contribution is 6.75. The summed E-state index contributed by atoms with van der Waals surface area (Å²) in [6.07, 6.45) is 0. The molecule has 5 heteroatoms. The van der Waals surface area contributed by atoms with Crippen molar-refractivity contribution in [3.63, 3.8) is 0 Å². The Kier molecular flexibility index (Phi) is 6.45. The second-order valence-electron chi connectivity index (χ2n) is 10.6. The van der Waals surface area contributed by atoms with Gasteiger partial charge in [0.25, 0.3) is 0 Å². The molecule has 6 unspecified atom stereocenters. The van der Waals surface area contributed by atoms with Crippen LogP contribution >= 0.6 is 0 Å². The Morgan fingerprint density at radius 3 is 1.33 bits per heavy atom. The number of benzene rings is 2. The molecule has 0 fully saturated rings. The Bertz CT molecular complexity index is 943. The molecule has 180 valence electrons. The summed E-state index contributed by atoms with van der Waals surface area (Å²) in [6.45, 7) is 18.5. The predicted octanol–water partition coefficient (Wildman–Crippen LogP) is 6.63. The largest absolute Gasteiger partial charge is 0.588 e. The number of hydrogen-bond acceptors (Lipinski definition) is 4. The second kappa shape index (κ2) is 8.75. The molecule has 0 radical (unpaired) electrons. The summed E-state index contributed by atoms with van der Waals surface area (Å²) in [5, 5.41) is 0. The van der Waals surface area contributed by atoms with Crippen molar-refractivity contribution in [1.29, 1.82) is 0 Å². The first-order valence-electron chi connectivity index (χ1n) is 12.5. The van der Waals surface area contributed by atoms with E-state index in [1.54, 1.807) is 0 Å². The van der Waals surface area contributed by atoms with Gasteiger partial charge in [-0.2, -0.15) is 0 Å². The lowest BCUT2D eigenvalue weighted by Gasteiger charge is -2.57. The van der Waals surface area contributed by atoms with Gasteiger partial charge in [-0.3, -0.25) is 0 Å². The third-order valence-corrected chi connectivity index (χ3v) is 12.5. The van der Waals surface area contributed by atoms with Gasteiger partial charge < -0.3 is 18.0 Å². The molecular weight excluding hydrogens is 424 g/mol. The summed E-state index contributed by atoms with van der Waals surface area (Å²) in [6, 6.07) is 14.3. The maximum Gasteiger partial charge on any atom is 0.588 e. The van der Waals surface area contributed by atoms with Gasteiger partial charge in [0.2, 0.25) is 0 Å². The summed E-state index contributed by atoms with van der Waals surface area (Å²) in [5.41, 5.74) is 7.95. The average Bonchev–Trinajstić information content (AvgIpc) is 2.80. The van der Waals surface area contributed by atoms with Crippen LogP contribution in [0.2, 0.25) is 0 Å². The lowest BCUT2D eigenvalue weighted by atomic mass is 9.80. The van der Waals surface area contributed by atoms with Crippen molar-refractivity contribution in [2.75, 3.05) is 23.4 Å². The van der Waals surface area contributed by atoms with Gasteiger partial charge >= 0.3 is 8.88 Å². The number of fused-ring (bicyclic) bond motifs is 2. The zero-order valence-electron chi connectivity index (χ0n) is 22.1. The maximum absolute atomic E-state index is 6.62. The molecule has 0 aliphatic carbocycles. The van der Waals surface area contributed by atoms with Crippen LogP contribution in [-0.2, 0) is 8.85 Å². The van der Waals surface area contributed by atoms with Crippen molar-refractivity contribution >= 4 is 20.3 Å². The zero-order valence-corrected chi connectivity index (χ0v) is 23.1. The van der Waals surface area contributed by atoms with Crippen LogP contribution < -0.4 is 9.13 Å². The van der Waals surface area contributed by atoms with Gasteiger partial charge in [0, 0.05) is 37.7 Å². The molecule has 0 saturated heterocycles. The van der Waals surface area contributed by atoms with E-state index in [0.717, 1.165) is 0 Å². The summed E-state index contributed by atoms with van der Waals surface area (Å²) >= 11 is 0. The Morgan fingerprint density at radius 1 is 0.636 bits per heavy atom. The van der Waals surface area contributed by atoms with Gasteiger partial charge in [-0.05, 0) is 74.6 Å². The van der Waals surface area contributed by atoms with Crippen LogP contribution in [0.4, 0.5) is 11.4 Å². The Balaban J connectivity index is 1.98. The lowest BCUT2D eigenvalue weighted by Crippen LogP contribution is -2.76. The summed E-state index contributed by atoms with van der Waals surface area (Å²) in [5.74, 6) is 1.93.